The summed E-state index contributed by atoms with van der Waals surface area (Å²) in [5, 5.41) is 2.81. The third-order valence-electron chi connectivity index (χ3n) is 5.64. The van der Waals surface area contributed by atoms with E-state index in [-0.39, 0.29) is 17.1 Å². The molecule has 1 heterocycles. The SMILES string of the molecule is C[C]1[CH][CH][CH][C]1C1=N[C@@H](C(C)C)CO1.[CH]1[CH][CH][C](P(c2ccccc2)c2ccccc2)[CH]1.[Fe+2]. The van der Waals surface area contributed by atoms with Gasteiger partial charge in [0.25, 0.3) is 0 Å². The molecular weight excluding hydrogens is 465 g/mol. The molecule has 2 nitrogen and oxygen atoms in total. The van der Waals surface area contributed by atoms with Crippen LogP contribution in [-0.4, -0.2) is 18.5 Å². The second-order valence-electron chi connectivity index (χ2n) is 8.33. The maximum atomic E-state index is 5.60. The summed E-state index contributed by atoms with van der Waals surface area (Å²) in [5.41, 5.74) is 1.42. The summed E-state index contributed by atoms with van der Waals surface area (Å²) in [7, 11) is -0.409. The molecule has 1 atom stereocenters. The number of aliphatic imine (C=N–C) groups is 1. The Morgan fingerprint density at radius 3 is 1.85 bits per heavy atom. The molecule has 168 valence electrons. The van der Waals surface area contributed by atoms with Gasteiger partial charge in [0.15, 0.2) is 5.90 Å². The predicted octanol–water partition coefficient (Wildman–Crippen LogP) is 5.71. The average Bonchev–Trinajstić information content (AvgIpc) is 3.58. The first-order valence-electron chi connectivity index (χ1n) is 11.2. The van der Waals surface area contributed by atoms with Crippen molar-refractivity contribution in [1.82, 2.24) is 0 Å². The van der Waals surface area contributed by atoms with Gasteiger partial charge in [-0.05, 0) is 75.3 Å². The minimum absolute atomic E-state index is 0. The second-order valence-corrected chi connectivity index (χ2v) is 10.5. The molecule has 0 aromatic heterocycles. The van der Waals surface area contributed by atoms with E-state index in [1.165, 1.54) is 22.2 Å². The molecule has 0 amide bonds. The summed E-state index contributed by atoms with van der Waals surface area (Å²) in [4.78, 5) is 4.59. The fourth-order valence-electron chi connectivity index (χ4n) is 3.74. The van der Waals surface area contributed by atoms with Gasteiger partial charge < -0.3 is 4.74 Å². The van der Waals surface area contributed by atoms with Crippen LogP contribution in [0, 0.1) is 68.4 Å². The fourth-order valence-corrected chi connectivity index (χ4v) is 6.05. The van der Waals surface area contributed by atoms with Gasteiger partial charge in [-0.2, -0.15) is 0 Å². The molecule has 5 rings (SSSR count). The van der Waals surface area contributed by atoms with E-state index in [1.807, 2.05) is 6.42 Å². The van der Waals surface area contributed by atoms with Crippen LogP contribution in [-0.2, 0) is 21.8 Å². The van der Waals surface area contributed by atoms with E-state index in [2.05, 4.69) is 125 Å². The zero-order chi connectivity index (χ0) is 22.3. The summed E-state index contributed by atoms with van der Waals surface area (Å²) < 4.78 is 5.60. The van der Waals surface area contributed by atoms with Crippen molar-refractivity contribution >= 4 is 24.4 Å². The third-order valence-corrected chi connectivity index (χ3v) is 8.08. The molecule has 0 spiro atoms. The van der Waals surface area contributed by atoms with Crippen LogP contribution in [0.15, 0.2) is 65.7 Å². The van der Waals surface area contributed by atoms with Gasteiger partial charge >= 0.3 is 17.1 Å². The van der Waals surface area contributed by atoms with Crippen LogP contribution in [0.2, 0.25) is 0 Å². The zero-order valence-electron chi connectivity index (χ0n) is 19.3. The van der Waals surface area contributed by atoms with Gasteiger partial charge in [0, 0.05) is 5.66 Å². The third kappa shape index (κ3) is 6.94. The first kappa shape index (κ1) is 26.5. The molecule has 2 aromatic rings. The van der Waals surface area contributed by atoms with Gasteiger partial charge in [-0.25, -0.2) is 4.99 Å². The van der Waals surface area contributed by atoms with Crippen LogP contribution in [0.25, 0.3) is 0 Å². The van der Waals surface area contributed by atoms with Crippen LogP contribution in [0.4, 0.5) is 0 Å². The summed E-state index contributed by atoms with van der Waals surface area (Å²) in [6.45, 7) is 7.18. The van der Waals surface area contributed by atoms with Crippen molar-refractivity contribution in [2.24, 2.45) is 10.9 Å². The summed E-state index contributed by atoms with van der Waals surface area (Å²) in [6, 6.07) is 21.9. The molecule has 0 unspecified atom stereocenters. The van der Waals surface area contributed by atoms with E-state index in [9.17, 15) is 0 Å². The van der Waals surface area contributed by atoms with Gasteiger partial charge in [-0.1, -0.05) is 81.4 Å². The topological polar surface area (TPSA) is 21.6 Å². The maximum absolute atomic E-state index is 5.60. The first-order chi connectivity index (χ1) is 15.6. The van der Waals surface area contributed by atoms with Gasteiger partial charge in [-0.15, -0.1) is 0 Å². The van der Waals surface area contributed by atoms with Crippen LogP contribution < -0.4 is 10.6 Å². The molecule has 2 fully saturated rings. The van der Waals surface area contributed by atoms with Gasteiger partial charge in [-0.3, -0.25) is 0 Å². The van der Waals surface area contributed by atoms with E-state index in [1.54, 1.807) is 0 Å². The second kappa shape index (κ2) is 13.1. The van der Waals surface area contributed by atoms with Crippen LogP contribution in [0.5, 0.6) is 0 Å². The van der Waals surface area contributed by atoms with E-state index < -0.39 is 7.92 Å². The number of nitrogens with zero attached hydrogens (tertiary/aromatic N) is 1. The monoisotopic (exact) mass is 495 g/mol. The van der Waals surface area contributed by atoms with Crippen LogP contribution in [0.3, 0.4) is 0 Å². The quantitative estimate of drug-likeness (QED) is 0.385. The van der Waals surface area contributed by atoms with Crippen LogP contribution >= 0.6 is 7.92 Å². The van der Waals surface area contributed by atoms with Crippen molar-refractivity contribution in [3.8, 4) is 0 Å². The number of hydrogen-bond acceptors (Lipinski definition) is 2. The van der Waals surface area contributed by atoms with Gasteiger partial charge in [0.05, 0.1) is 12.0 Å². The molecule has 0 saturated heterocycles. The normalized spacial score (nSPS) is 21.5. The Morgan fingerprint density at radius 1 is 0.818 bits per heavy atom. The standard InChI is InChI=1S/C17H14P.C12H16NO.Fe/c1-3-9-15(10-4-1)18(17-13-7-8-14-17)16-11-5-2-6-12-16;1-8(2)11-7-14-12(13-11)10-6-4-5-9(10)3;/h1-14H;4-6,8,11H,7H2,1-3H3;/q;;+2/t;11-;/m.1./s1. The molecule has 2 aromatic carbocycles. The summed E-state index contributed by atoms with van der Waals surface area (Å²) >= 11 is 0. The molecule has 1 aliphatic heterocycles. The van der Waals surface area contributed by atoms with E-state index >= 15 is 0 Å². The van der Waals surface area contributed by atoms with E-state index in [0.717, 1.165) is 18.4 Å². The van der Waals surface area contributed by atoms with Crippen molar-refractivity contribution in [1.29, 1.82) is 0 Å². The largest absolute Gasteiger partial charge is 2.00 e. The Morgan fingerprint density at radius 2 is 1.39 bits per heavy atom. The van der Waals surface area contributed by atoms with Crippen molar-refractivity contribution in [2.75, 3.05) is 6.61 Å². The number of benzene rings is 2. The van der Waals surface area contributed by atoms with Crippen molar-refractivity contribution in [2.45, 2.75) is 26.8 Å². The number of rotatable bonds is 5. The molecule has 2 aliphatic carbocycles. The number of ether oxygens (including phenoxy) is 1. The Labute approximate surface area is 213 Å². The fraction of sp³-hybridized carbons (Fsp3) is 0.207. The van der Waals surface area contributed by atoms with Gasteiger partial charge in [0.2, 0.25) is 0 Å². The minimum atomic E-state index is -0.409. The maximum Gasteiger partial charge on any atom is 2.00 e. The molecule has 4 heteroatoms. The molecule has 33 heavy (non-hydrogen) atoms. The van der Waals surface area contributed by atoms with E-state index in [0.29, 0.717) is 12.0 Å². The molecule has 0 N–H and O–H groups in total. The zero-order valence-corrected chi connectivity index (χ0v) is 21.3. The summed E-state index contributed by atoms with van der Waals surface area (Å²) in [6.07, 6.45) is 14.9. The molecular formula is C29H30FeNOP+2. The van der Waals surface area contributed by atoms with E-state index in [4.69, 9.17) is 4.74 Å². The average molecular weight is 495 g/mol. The Kier molecular flexibility index (Phi) is 10.5. The Balaban J connectivity index is 0.000000186. The smallest absolute Gasteiger partial charge is 0.478 e. The summed E-state index contributed by atoms with van der Waals surface area (Å²) in [5.74, 6) is 3.77. The predicted molar refractivity (Wildman–Crippen MR) is 137 cm³/mol. The van der Waals surface area contributed by atoms with Crippen molar-refractivity contribution in [3.63, 3.8) is 0 Å². The van der Waals surface area contributed by atoms with Crippen molar-refractivity contribution in [3.05, 3.63) is 123 Å². The molecule has 3 aliphatic rings. The molecule has 10 radical (unpaired) electrons. The molecule has 0 bridgehead atoms. The minimum Gasteiger partial charge on any atom is -0.478 e. The Hall–Kier alpha value is -1.14. The number of hydrogen-bond donors (Lipinski definition) is 0. The molecule has 2 saturated carbocycles. The first-order valence-corrected chi connectivity index (χ1v) is 12.5. The van der Waals surface area contributed by atoms with Crippen molar-refractivity contribution < 1.29 is 21.8 Å². The van der Waals surface area contributed by atoms with Gasteiger partial charge in [0.1, 0.15) is 6.61 Å². The Bertz CT molecular complexity index is 811. The van der Waals surface area contributed by atoms with Crippen LogP contribution in [0.1, 0.15) is 20.8 Å².